The second-order valence-electron chi connectivity index (χ2n) is 8.28. The quantitative estimate of drug-likeness (QED) is 0.517. The number of rotatable bonds is 10. The van der Waals surface area contributed by atoms with Crippen molar-refractivity contribution >= 4 is 16.7 Å². The molecule has 27 heavy (non-hydrogen) atoms. The predicted molar refractivity (Wildman–Crippen MR) is 115 cm³/mol. The molecular weight excluding hydrogens is 334 g/mol. The lowest BCUT2D eigenvalue weighted by atomic mass is 9.98. The van der Waals surface area contributed by atoms with E-state index in [1.54, 1.807) is 0 Å². The van der Waals surface area contributed by atoms with E-state index >= 15 is 0 Å². The summed E-state index contributed by atoms with van der Waals surface area (Å²) in [4.78, 5) is 7.62. The summed E-state index contributed by atoms with van der Waals surface area (Å²) in [5.41, 5.74) is 5.18. The fourth-order valence-corrected chi connectivity index (χ4v) is 4.47. The van der Waals surface area contributed by atoms with Gasteiger partial charge in [0.15, 0.2) is 0 Å². The molecule has 1 aliphatic rings. The molecule has 0 unspecified atom stereocenters. The molecule has 2 aromatic heterocycles. The van der Waals surface area contributed by atoms with E-state index in [9.17, 15) is 0 Å². The molecule has 3 heterocycles. The van der Waals surface area contributed by atoms with Gasteiger partial charge in [-0.2, -0.15) is 0 Å². The molecule has 4 heteroatoms. The van der Waals surface area contributed by atoms with Crippen LogP contribution in [0.3, 0.4) is 0 Å². The van der Waals surface area contributed by atoms with Crippen LogP contribution in [0.1, 0.15) is 71.1 Å². The molecule has 2 aromatic rings. The molecule has 0 spiro atoms. The Morgan fingerprint density at radius 3 is 2.59 bits per heavy atom. The maximum Gasteiger partial charge on any atom is 0.142 e. The van der Waals surface area contributed by atoms with Crippen LogP contribution in [-0.2, 0) is 17.7 Å². The van der Waals surface area contributed by atoms with Gasteiger partial charge in [-0.25, -0.2) is 4.98 Å². The monoisotopic (exact) mass is 371 g/mol. The Hall–Kier alpha value is -1.55. The highest BCUT2D eigenvalue weighted by Crippen LogP contribution is 2.37. The van der Waals surface area contributed by atoms with Crippen molar-refractivity contribution in [3.8, 4) is 0 Å². The Morgan fingerprint density at radius 1 is 1.19 bits per heavy atom. The number of ether oxygens (including phenoxy) is 1. The Labute approximate surface area is 164 Å². The van der Waals surface area contributed by atoms with Crippen molar-refractivity contribution in [1.29, 1.82) is 0 Å². The van der Waals surface area contributed by atoms with Crippen molar-refractivity contribution in [3.63, 3.8) is 0 Å². The first-order valence-electron chi connectivity index (χ1n) is 10.9. The van der Waals surface area contributed by atoms with Crippen molar-refractivity contribution in [2.75, 3.05) is 18.1 Å². The third-order valence-corrected chi connectivity index (χ3v) is 5.62. The second kappa shape index (κ2) is 9.09. The normalized spacial score (nSPS) is 14.1. The van der Waals surface area contributed by atoms with E-state index in [0.717, 1.165) is 38.2 Å². The summed E-state index contributed by atoms with van der Waals surface area (Å²) >= 11 is 0. The van der Waals surface area contributed by atoms with Crippen LogP contribution in [0.15, 0.2) is 12.3 Å². The van der Waals surface area contributed by atoms with Gasteiger partial charge in [-0.3, -0.25) is 0 Å². The molecule has 0 radical (unpaired) electrons. The molecule has 0 fully saturated rings. The number of hydrogen-bond acceptors (Lipinski definition) is 3. The Balaban J connectivity index is 1.91. The largest absolute Gasteiger partial charge is 0.379 e. The third kappa shape index (κ3) is 4.48. The highest BCUT2D eigenvalue weighted by molar-refractivity contribution is 5.95. The van der Waals surface area contributed by atoms with E-state index in [0.29, 0.717) is 12.1 Å². The standard InChI is InChI=1S/C23H37N3O/c1-6-9-20(10-7-2)26-13-11-19-16-25(12-8-14-27-17(3)4)23-22(19)21(26)15-18(5)24-23/h15-17,20H,6-14H2,1-5H3. The zero-order chi connectivity index (χ0) is 19.4. The lowest BCUT2D eigenvalue weighted by molar-refractivity contribution is 0.0750. The number of aromatic nitrogens is 2. The lowest BCUT2D eigenvalue weighted by Gasteiger charge is -2.37. The van der Waals surface area contributed by atoms with Crippen molar-refractivity contribution in [3.05, 3.63) is 23.5 Å². The van der Waals surface area contributed by atoms with Gasteiger partial charge >= 0.3 is 0 Å². The summed E-state index contributed by atoms with van der Waals surface area (Å²) in [6, 6.07) is 2.97. The molecule has 4 nitrogen and oxygen atoms in total. The first-order valence-corrected chi connectivity index (χ1v) is 10.9. The van der Waals surface area contributed by atoms with E-state index in [1.807, 2.05) is 0 Å². The average molecular weight is 372 g/mol. The summed E-state index contributed by atoms with van der Waals surface area (Å²) in [6.07, 6.45) is 9.87. The minimum Gasteiger partial charge on any atom is -0.379 e. The third-order valence-electron chi connectivity index (χ3n) is 5.62. The van der Waals surface area contributed by atoms with Gasteiger partial charge in [-0.1, -0.05) is 26.7 Å². The zero-order valence-electron chi connectivity index (χ0n) is 17.9. The highest BCUT2D eigenvalue weighted by atomic mass is 16.5. The Kier molecular flexibility index (Phi) is 6.80. The molecule has 3 rings (SSSR count). The van der Waals surface area contributed by atoms with Crippen molar-refractivity contribution in [2.45, 2.75) is 91.8 Å². The number of anilines is 1. The zero-order valence-corrected chi connectivity index (χ0v) is 17.9. The molecule has 0 amide bonds. The van der Waals surface area contributed by atoms with Gasteiger partial charge in [0, 0.05) is 43.0 Å². The molecule has 1 aliphatic heterocycles. The summed E-state index contributed by atoms with van der Waals surface area (Å²) in [7, 11) is 0. The van der Waals surface area contributed by atoms with Crippen molar-refractivity contribution in [1.82, 2.24) is 9.55 Å². The summed E-state index contributed by atoms with van der Waals surface area (Å²) in [6.45, 7) is 13.9. The Bertz CT molecular complexity index is 744. The van der Waals surface area contributed by atoms with Gasteiger partial charge in [0.25, 0.3) is 0 Å². The maximum atomic E-state index is 5.73. The predicted octanol–water partition coefficient (Wildman–Crippen LogP) is 5.49. The van der Waals surface area contributed by atoms with Crippen LogP contribution < -0.4 is 4.90 Å². The van der Waals surface area contributed by atoms with Gasteiger partial charge in [0.05, 0.1) is 11.8 Å². The minimum atomic E-state index is 0.304. The van der Waals surface area contributed by atoms with Crippen LogP contribution in [0, 0.1) is 6.92 Å². The van der Waals surface area contributed by atoms with Crippen LogP contribution in [0.5, 0.6) is 0 Å². The average Bonchev–Trinajstić information content (AvgIpc) is 2.97. The van der Waals surface area contributed by atoms with Crippen LogP contribution in [0.25, 0.3) is 11.0 Å². The number of aryl methyl sites for hydroxylation is 2. The first kappa shape index (κ1) is 20.2. The summed E-state index contributed by atoms with van der Waals surface area (Å²) in [5.74, 6) is 0. The number of pyridine rings is 1. The molecule has 0 saturated heterocycles. The number of hydrogen-bond donors (Lipinski definition) is 0. The molecule has 150 valence electrons. The van der Waals surface area contributed by atoms with Gasteiger partial charge < -0.3 is 14.2 Å². The lowest BCUT2D eigenvalue weighted by Crippen LogP contribution is -2.38. The first-order chi connectivity index (χ1) is 13.0. The van der Waals surface area contributed by atoms with E-state index < -0.39 is 0 Å². The molecule has 0 saturated carbocycles. The molecule has 0 bridgehead atoms. The van der Waals surface area contributed by atoms with Gasteiger partial charge in [-0.05, 0) is 58.1 Å². The number of nitrogens with zero attached hydrogens (tertiary/aromatic N) is 3. The van der Waals surface area contributed by atoms with Crippen LogP contribution in [0.4, 0.5) is 5.69 Å². The molecule has 0 atom stereocenters. The summed E-state index contributed by atoms with van der Waals surface area (Å²) < 4.78 is 8.09. The van der Waals surface area contributed by atoms with E-state index in [-0.39, 0.29) is 0 Å². The van der Waals surface area contributed by atoms with Crippen LogP contribution >= 0.6 is 0 Å². The molecule has 0 N–H and O–H groups in total. The smallest absolute Gasteiger partial charge is 0.142 e. The van der Waals surface area contributed by atoms with E-state index in [1.165, 1.54) is 48.0 Å². The van der Waals surface area contributed by atoms with Gasteiger partial charge in [0.2, 0.25) is 0 Å². The van der Waals surface area contributed by atoms with Crippen LogP contribution in [0.2, 0.25) is 0 Å². The van der Waals surface area contributed by atoms with Gasteiger partial charge in [-0.15, -0.1) is 0 Å². The maximum absolute atomic E-state index is 5.73. The fraction of sp³-hybridized carbons (Fsp3) is 0.696. The fourth-order valence-electron chi connectivity index (χ4n) is 4.47. The highest BCUT2D eigenvalue weighted by Gasteiger charge is 2.27. The van der Waals surface area contributed by atoms with E-state index in [4.69, 9.17) is 9.72 Å². The minimum absolute atomic E-state index is 0.304. The topological polar surface area (TPSA) is 30.3 Å². The molecule has 0 aliphatic carbocycles. The van der Waals surface area contributed by atoms with Crippen molar-refractivity contribution < 1.29 is 4.74 Å². The Morgan fingerprint density at radius 2 is 1.93 bits per heavy atom. The van der Waals surface area contributed by atoms with Crippen molar-refractivity contribution in [2.24, 2.45) is 0 Å². The van der Waals surface area contributed by atoms with E-state index in [2.05, 4.69) is 56.3 Å². The van der Waals surface area contributed by atoms with Gasteiger partial charge in [0.1, 0.15) is 5.65 Å². The molecular formula is C23H37N3O. The SMILES string of the molecule is CCCC(CCC)N1CCc2cn(CCCOC(C)C)c3nc(C)cc1c23. The summed E-state index contributed by atoms with van der Waals surface area (Å²) in [5, 5.41) is 1.40. The molecule has 0 aromatic carbocycles. The second-order valence-corrected chi connectivity index (χ2v) is 8.28. The van der Waals surface area contributed by atoms with Crippen LogP contribution in [-0.4, -0.2) is 34.8 Å².